The van der Waals surface area contributed by atoms with Gasteiger partial charge in [0.1, 0.15) is 16.4 Å². The fourth-order valence-corrected chi connectivity index (χ4v) is 12.4. The molecule has 7 atom stereocenters. The highest BCUT2D eigenvalue weighted by molar-refractivity contribution is 7.99. The van der Waals surface area contributed by atoms with Gasteiger partial charge in [0.05, 0.1) is 43.0 Å². The van der Waals surface area contributed by atoms with E-state index in [1.54, 1.807) is 49.3 Å². The van der Waals surface area contributed by atoms with E-state index in [4.69, 9.17) is 28.9 Å². The van der Waals surface area contributed by atoms with Crippen molar-refractivity contribution in [3.05, 3.63) is 115 Å². The fourth-order valence-electron chi connectivity index (χ4n) is 10.2. The number of fused-ring (bicyclic) bond motifs is 3. The molecule has 14 heteroatoms. The molecule has 0 radical (unpaired) electrons. The van der Waals surface area contributed by atoms with Gasteiger partial charge in [-0.05, 0) is 98.4 Å². The molecule has 0 bridgehead atoms. The summed E-state index contributed by atoms with van der Waals surface area (Å²) in [5, 5.41) is 25.5. The molecule has 64 heavy (non-hydrogen) atoms. The van der Waals surface area contributed by atoms with Crippen LogP contribution in [0.2, 0.25) is 0 Å². The summed E-state index contributed by atoms with van der Waals surface area (Å²) in [6.07, 6.45) is 12.2. The molecule has 1 unspecified atom stereocenters. The highest BCUT2D eigenvalue weighted by Crippen LogP contribution is 2.62. The maximum atomic E-state index is 15.2. The number of para-hydroxylation sites is 1. The van der Waals surface area contributed by atoms with Gasteiger partial charge in [0, 0.05) is 66.8 Å². The van der Waals surface area contributed by atoms with Crippen LogP contribution in [-0.2, 0) is 24.3 Å². The van der Waals surface area contributed by atoms with Crippen LogP contribution < -0.4 is 9.47 Å². The lowest BCUT2D eigenvalue weighted by Gasteiger charge is -2.59. The lowest BCUT2D eigenvalue weighted by molar-refractivity contribution is -0.250. The Balaban J connectivity index is 1.28. The zero-order valence-electron chi connectivity index (χ0n) is 36.6. The maximum Gasteiger partial charge on any atom is 0.245 e. The van der Waals surface area contributed by atoms with Gasteiger partial charge < -0.3 is 34.0 Å². The number of ether oxygens (including phenoxy) is 4. The lowest BCUT2D eigenvalue weighted by Crippen LogP contribution is -2.69. The second-order valence-electron chi connectivity index (χ2n) is 17.0. The summed E-state index contributed by atoms with van der Waals surface area (Å²) in [5.74, 6) is -0.260. The highest BCUT2D eigenvalue weighted by Gasteiger charge is 2.66. The Morgan fingerprint density at radius 3 is 2.59 bits per heavy atom. The van der Waals surface area contributed by atoms with Crippen LogP contribution in [0.5, 0.6) is 11.5 Å². The normalized spacial score (nSPS) is 25.9. The Labute approximate surface area is 381 Å². The molecule has 12 nitrogen and oxygen atoms in total. The number of hydrogen-bond donors (Lipinski definition) is 2. The number of unbranched alkanes of at least 4 members (excludes halogenated alkanes) is 2. The number of benzene rings is 3. The van der Waals surface area contributed by atoms with Crippen molar-refractivity contribution >= 4 is 38.4 Å². The Morgan fingerprint density at radius 2 is 1.81 bits per heavy atom. The van der Waals surface area contributed by atoms with Crippen molar-refractivity contribution in [2.24, 2.45) is 22.9 Å². The van der Waals surface area contributed by atoms with E-state index in [-0.39, 0.29) is 48.9 Å². The molecule has 0 spiro atoms. The van der Waals surface area contributed by atoms with Gasteiger partial charge in [-0.3, -0.25) is 4.98 Å². The summed E-state index contributed by atoms with van der Waals surface area (Å²) in [7, 11) is -2.67. The summed E-state index contributed by atoms with van der Waals surface area (Å²) < 4.78 is 58.6. The summed E-state index contributed by atoms with van der Waals surface area (Å²) in [6.45, 7) is 5.34. The number of thioether (sulfide) groups is 1. The van der Waals surface area contributed by atoms with Crippen molar-refractivity contribution in [3.63, 3.8) is 0 Å². The standard InChI is InChI=1S/C50H61N3O9S2/c1-3-28-60-50-45(53(2)64(56,57)44-21-13-16-35-17-14-25-51-49(35)44)34-42(52-62-46-22-9-12-29-59-46)40-32-36(15-7-10-26-54)39(20-8-11-27-55)47(48(40)50)41-33-37(23-24-43(41)61-50)58-30-31-63-38-18-5-4-6-19-38/h3-6,13-14,16-19,21,23-25,32-33,36,39,45-48,54-55H,1,7-12,15,20,22,26-31,34H2,2H3/t36-,39+,45-,46?,47+,48+,50+/m0/s1. The Hall–Kier alpha value is -4.28. The summed E-state index contributed by atoms with van der Waals surface area (Å²) in [4.78, 5) is 12.0. The number of likely N-dealkylation sites (N-methyl/N-ethyl adjacent to an activating group) is 1. The number of sulfonamides is 1. The molecule has 2 aliphatic heterocycles. The third-order valence-electron chi connectivity index (χ3n) is 13.1. The number of hydrogen-bond acceptors (Lipinski definition) is 12. The third-order valence-corrected chi connectivity index (χ3v) is 16.0. The van der Waals surface area contributed by atoms with Gasteiger partial charge in [0.2, 0.25) is 22.1 Å². The summed E-state index contributed by atoms with van der Waals surface area (Å²) in [5.41, 5.74) is 2.82. The molecule has 342 valence electrons. The van der Waals surface area contributed by atoms with E-state index < -0.39 is 34.1 Å². The first-order valence-electron chi connectivity index (χ1n) is 22.8. The molecular weight excluding hydrogens is 851 g/mol. The van der Waals surface area contributed by atoms with Gasteiger partial charge in [-0.1, -0.05) is 66.5 Å². The summed E-state index contributed by atoms with van der Waals surface area (Å²) >= 11 is 1.73. The smallest absolute Gasteiger partial charge is 0.245 e. The molecule has 3 heterocycles. The van der Waals surface area contributed by atoms with Crippen molar-refractivity contribution in [1.82, 2.24) is 9.29 Å². The van der Waals surface area contributed by atoms with Crippen molar-refractivity contribution in [2.45, 2.75) is 98.0 Å². The molecule has 1 saturated heterocycles. The number of nitrogens with zero attached hydrogens (tertiary/aromatic N) is 3. The lowest BCUT2D eigenvalue weighted by atomic mass is 9.55. The van der Waals surface area contributed by atoms with E-state index in [0.717, 1.165) is 55.4 Å². The van der Waals surface area contributed by atoms with Gasteiger partial charge >= 0.3 is 0 Å². The molecule has 1 aromatic heterocycles. The van der Waals surface area contributed by atoms with E-state index >= 15 is 8.42 Å². The molecule has 1 saturated carbocycles. The zero-order chi connectivity index (χ0) is 44.5. The molecule has 3 aromatic carbocycles. The second kappa shape index (κ2) is 21.4. The number of aliphatic hydroxyl groups excluding tert-OH is 2. The average Bonchev–Trinajstić information content (AvgIpc) is 3.33. The van der Waals surface area contributed by atoms with Gasteiger partial charge in [-0.25, -0.2) is 8.42 Å². The fraction of sp³-hybridized carbons (Fsp3) is 0.480. The second-order valence-corrected chi connectivity index (χ2v) is 20.2. The number of aromatic nitrogens is 1. The van der Waals surface area contributed by atoms with Crippen molar-refractivity contribution < 1.29 is 42.4 Å². The average molecular weight is 912 g/mol. The minimum atomic E-state index is -4.26. The molecule has 0 amide bonds. The quantitative estimate of drug-likeness (QED) is 0.0357. The summed E-state index contributed by atoms with van der Waals surface area (Å²) in [6, 6.07) is 24.1. The van der Waals surface area contributed by atoms with Gasteiger partial charge in [0.15, 0.2) is 0 Å². The van der Waals surface area contributed by atoms with Crippen LogP contribution in [0.1, 0.15) is 75.7 Å². The van der Waals surface area contributed by atoms with E-state index in [1.807, 2.05) is 42.5 Å². The van der Waals surface area contributed by atoms with Crippen LogP contribution in [0.4, 0.5) is 0 Å². The molecule has 8 rings (SSSR count). The van der Waals surface area contributed by atoms with Crippen LogP contribution in [-0.4, -0.2) is 97.6 Å². The van der Waals surface area contributed by atoms with E-state index in [0.29, 0.717) is 60.6 Å². The molecule has 2 aliphatic carbocycles. The largest absolute Gasteiger partial charge is 0.493 e. The SMILES string of the molecule is C=CCO[C@@]12Oc3ccc(OCCSc4ccccc4)cc3[C@H]3[C@H](CCCCO)[C@@H](CCCCO)C=C(C(=NOC4CCCCO4)C[C@@H]1N(C)S(=O)(=O)c1cccc4cccnc14)[C@H]32. The Bertz CT molecular complexity index is 2370. The predicted octanol–water partition coefficient (Wildman–Crippen LogP) is 8.89. The first-order chi connectivity index (χ1) is 31.3. The first-order valence-corrected chi connectivity index (χ1v) is 25.2. The van der Waals surface area contributed by atoms with Crippen LogP contribution in [0.25, 0.3) is 10.9 Å². The molecular formula is C50H61N3O9S2. The maximum absolute atomic E-state index is 15.2. The van der Waals surface area contributed by atoms with Crippen molar-refractivity contribution in [2.75, 3.05) is 45.8 Å². The zero-order valence-corrected chi connectivity index (χ0v) is 38.3. The Morgan fingerprint density at radius 1 is 1.00 bits per heavy atom. The van der Waals surface area contributed by atoms with Crippen LogP contribution in [0.3, 0.4) is 0 Å². The van der Waals surface area contributed by atoms with Crippen molar-refractivity contribution in [3.8, 4) is 11.5 Å². The number of rotatable bonds is 21. The van der Waals surface area contributed by atoms with Crippen molar-refractivity contribution in [1.29, 1.82) is 0 Å². The molecule has 4 aliphatic rings. The van der Waals surface area contributed by atoms with E-state index in [9.17, 15) is 10.2 Å². The monoisotopic (exact) mass is 911 g/mol. The van der Waals surface area contributed by atoms with Gasteiger partial charge in [0.25, 0.3) is 0 Å². The minimum absolute atomic E-state index is 0.0176. The van der Waals surface area contributed by atoms with E-state index in [1.165, 1.54) is 9.20 Å². The Kier molecular flexibility index (Phi) is 15.4. The minimum Gasteiger partial charge on any atom is -0.493 e. The number of oxime groups is 1. The van der Waals surface area contributed by atoms with Gasteiger partial charge in [-0.2, -0.15) is 4.31 Å². The van der Waals surface area contributed by atoms with Gasteiger partial charge in [-0.15, -0.1) is 18.3 Å². The first kappa shape index (κ1) is 46.3. The van der Waals surface area contributed by atoms with Crippen LogP contribution in [0.15, 0.2) is 124 Å². The number of pyridine rings is 1. The highest BCUT2D eigenvalue weighted by atomic mass is 32.2. The molecule has 4 aromatic rings. The molecule has 2 N–H and O–H groups in total. The predicted molar refractivity (Wildman–Crippen MR) is 249 cm³/mol. The van der Waals surface area contributed by atoms with E-state index in [2.05, 4.69) is 35.8 Å². The van der Waals surface area contributed by atoms with Crippen LogP contribution in [0, 0.1) is 17.8 Å². The topological polar surface area (TPSA) is 149 Å². The number of aliphatic hydroxyl groups is 2. The third kappa shape index (κ3) is 9.79. The number of allylic oxidation sites excluding steroid dienone is 1. The molecule has 2 fully saturated rings. The van der Waals surface area contributed by atoms with Crippen LogP contribution >= 0.6 is 11.8 Å².